The van der Waals surface area contributed by atoms with Crippen LogP contribution in [-0.2, 0) is 10.3 Å². The van der Waals surface area contributed by atoms with Crippen molar-refractivity contribution >= 4 is 34.7 Å². The lowest BCUT2D eigenvalue weighted by atomic mass is 9.71. The molecule has 0 amide bonds. The highest BCUT2D eigenvalue weighted by molar-refractivity contribution is 6.37. The second kappa shape index (κ2) is 5.61. The Labute approximate surface area is 150 Å². The number of rotatable bonds is 2. The number of hydrogen-bond donors (Lipinski definition) is 1. The summed E-state index contributed by atoms with van der Waals surface area (Å²) in [6.07, 6.45) is 0. The van der Waals surface area contributed by atoms with Gasteiger partial charge in [0, 0.05) is 20.8 Å². The molecule has 0 radical (unpaired) electrons. The Kier molecular flexibility index (Phi) is 3.97. The summed E-state index contributed by atoms with van der Waals surface area (Å²) in [5.74, 6) is -1.08. The van der Waals surface area contributed by atoms with E-state index in [1.54, 1.807) is 18.2 Å². The van der Waals surface area contributed by atoms with E-state index in [1.165, 1.54) is 0 Å². The molecule has 0 fully saturated rings. The number of halogens is 2. The maximum atomic E-state index is 12.5. The highest BCUT2D eigenvalue weighted by Crippen LogP contribution is 2.49. The molecule has 1 N–H and O–H groups in total. The first kappa shape index (κ1) is 17.0. The quantitative estimate of drug-likeness (QED) is 0.884. The smallest absolute Gasteiger partial charge is 0.340 e. The molecule has 124 valence electrons. The number of carboxylic acids is 1. The molecule has 24 heavy (non-hydrogen) atoms. The molecule has 0 aliphatic carbocycles. The summed E-state index contributed by atoms with van der Waals surface area (Å²) >= 11 is 12.8. The average molecular weight is 362 g/mol. The van der Waals surface area contributed by atoms with Crippen molar-refractivity contribution in [1.29, 1.82) is 0 Å². The Hall–Kier alpha value is -1.84. The van der Waals surface area contributed by atoms with Crippen molar-refractivity contribution in [2.45, 2.75) is 26.3 Å². The van der Waals surface area contributed by atoms with Gasteiger partial charge in [-0.05, 0) is 29.2 Å². The monoisotopic (exact) mass is 361 g/mol. The van der Waals surface area contributed by atoms with Gasteiger partial charge in [0.2, 0.25) is 5.54 Å². The van der Waals surface area contributed by atoms with Gasteiger partial charge < -0.3 is 5.11 Å². The van der Waals surface area contributed by atoms with Gasteiger partial charge in [-0.15, -0.1) is 0 Å². The maximum Gasteiger partial charge on any atom is 0.340 e. The number of aliphatic carboxylic acids is 1. The third-order valence-corrected chi connectivity index (χ3v) is 4.84. The van der Waals surface area contributed by atoms with Gasteiger partial charge in [-0.3, -0.25) is 4.99 Å². The number of carbonyl (C=O) groups is 1. The van der Waals surface area contributed by atoms with Crippen LogP contribution in [0.4, 0.5) is 0 Å². The van der Waals surface area contributed by atoms with Crippen LogP contribution in [0.15, 0.2) is 47.5 Å². The van der Waals surface area contributed by atoms with Crippen LogP contribution in [-0.4, -0.2) is 11.1 Å². The molecule has 1 aliphatic rings. The van der Waals surface area contributed by atoms with Gasteiger partial charge >= 0.3 is 5.97 Å². The van der Waals surface area contributed by atoms with Gasteiger partial charge in [0.05, 0.1) is 5.36 Å². The zero-order valence-electron chi connectivity index (χ0n) is 13.6. The molecule has 0 spiro atoms. The van der Waals surface area contributed by atoms with Crippen LogP contribution in [0.5, 0.6) is 0 Å². The van der Waals surface area contributed by atoms with Gasteiger partial charge in [0.1, 0.15) is 0 Å². The third-order valence-electron chi connectivity index (χ3n) is 4.21. The van der Waals surface area contributed by atoms with Crippen LogP contribution in [0, 0.1) is 5.41 Å². The van der Waals surface area contributed by atoms with Crippen LogP contribution in [0.3, 0.4) is 0 Å². The molecule has 0 saturated carbocycles. The van der Waals surface area contributed by atoms with E-state index in [2.05, 4.69) is 4.99 Å². The van der Waals surface area contributed by atoms with E-state index in [1.807, 2.05) is 45.0 Å². The van der Waals surface area contributed by atoms with E-state index in [-0.39, 0.29) is 0 Å². The normalized spacial score (nSPS) is 19.8. The predicted molar refractivity (Wildman–Crippen MR) is 95.9 cm³/mol. The van der Waals surface area contributed by atoms with E-state index >= 15 is 0 Å². The Morgan fingerprint density at radius 1 is 1.04 bits per heavy atom. The molecular weight excluding hydrogens is 345 g/mol. The molecule has 1 aliphatic heterocycles. The molecule has 0 aromatic heterocycles. The zero-order chi connectivity index (χ0) is 17.7. The summed E-state index contributed by atoms with van der Waals surface area (Å²) in [6, 6.07) is 12.4. The minimum absolute atomic E-state index is 0.295. The summed E-state index contributed by atoms with van der Waals surface area (Å²) in [5, 5.41) is 12.3. The average Bonchev–Trinajstić information content (AvgIpc) is 2.82. The number of para-hydroxylation sites is 1. The molecule has 2 aromatic carbocycles. The maximum absolute atomic E-state index is 12.5. The lowest BCUT2D eigenvalue weighted by Crippen LogP contribution is -2.40. The molecule has 0 bridgehead atoms. The number of carboxylic acid groups (broad SMARTS) is 1. The van der Waals surface area contributed by atoms with Crippen LogP contribution in [0.2, 0.25) is 10.0 Å². The summed E-state index contributed by atoms with van der Waals surface area (Å²) in [4.78, 5) is 17.1. The fourth-order valence-corrected chi connectivity index (χ4v) is 4.12. The van der Waals surface area contributed by atoms with Crippen LogP contribution >= 0.6 is 23.2 Å². The molecule has 1 unspecified atom stereocenters. The highest BCUT2D eigenvalue weighted by atomic mass is 35.5. The van der Waals surface area contributed by atoms with E-state index in [0.717, 1.165) is 5.22 Å². The minimum Gasteiger partial charge on any atom is -0.479 e. The summed E-state index contributed by atoms with van der Waals surface area (Å²) < 4.78 is 0. The SMILES string of the molecule is CC(C)(C)C1=c2ccccc2=NC1(C(=O)O)c1c(Cl)cccc1Cl. The Morgan fingerprint density at radius 2 is 1.62 bits per heavy atom. The fourth-order valence-electron chi connectivity index (χ4n) is 3.45. The van der Waals surface area contributed by atoms with Crippen molar-refractivity contribution < 1.29 is 9.90 Å². The molecule has 1 atom stereocenters. The molecular formula is C19H17Cl2NO2. The van der Waals surface area contributed by atoms with Gasteiger partial charge in [0.25, 0.3) is 0 Å². The summed E-state index contributed by atoms with van der Waals surface area (Å²) in [6.45, 7) is 5.92. The van der Waals surface area contributed by atoms with Crippen LogP contribution in [0.1, 0.15) is 26.3 Å². The standard InChI is InChI=1S/C19H17Cl2NO2/c1-18(2,3)16-11-7-4-5-10-14(11)22-19(16,17(23)24)15-12(20)8-6-9-13(15)21/h4-10H,1-3H3,(H,23,24). The summed E-state index contributed by atoms with van der Waals surface area (Å²) in [5.41, 5.74) is -1.07. The second-order valence-corrected chi connectivity index (χ2v) is 7.68. The van der Waals surface area contributed by atoms with Gasteiger partial charge in [0.15, 0.2) is 0 Å². The van der Waals surface area contributed by atoms with Crippen molar-refractivity contribution in [1.82, 2.24) is 0 Å². The van der Waals surface area contributed by atoms with Crippen molar-refractivity contribution in [2.75, 3.05) is 0 Å². The highest BCUT2D eigenvalue weighted by Gasteiger charge is 2.52. The minimum atomic E-state index is -1.63. The van der Waals surface area contributed by atoms with E-state index < -0.39 is 16.9 Å². The predicted octanol–water partition coefficient (Wildman–Crippen LogP) is 3.80. The number of fused-ring (bicyclic) bond motifs is 1. The molecule has 2 aromatic rings. The topological polar surface area (TPSA) is 49.7 Å². The molecule has 5 heteroatoms. The fraction of sp³-hybridized carbons (Fsp3) is 0.263. The molecule has 0 saturated heterocycles. The Bertz CT molecular complexity index is 940. The van der Waals surface area contributed by atoms with Gasteiger partial charge in [-0.25, -0.2) is 4.79 Å². The number of hydrogen-bond acceptors (Lipinski definition) is 2. The first-order valence-corrected chi connectivity index (χ1v) is 8.33. The molecule has 1 heterocycles. The van der Waals surface area contributed by atoms with Crippen LogP contribution in [0.25, 0.3) is 5.57 Å². The zero-order valence-corrected chi connectivity index (χ0v) is 15.1. The van der Waals surface area contributed by atoms with E-state index in [9.17, 15) is 9.90 Å². The van der Waals surface area contributed by atoms with E-state index in [4.69, 9.17) is 23.2 Å². The number of benzene rings is 2. The Balaban J connectivity index is 2.55. The molecule has 3 rings (SSSR count). The second-order valence-electron chi connectivity index (χ2n) is 6.87. The molecule has 3 nitrogen and oxygen atoms in total. The van der Waals surface area contributed by atoms with Crippen LogP contribution < -0.4 is 10.6 Å². The van der Waals surface area contributed by atoms with Crippen molar-refractivity contribution in [2.24, 2.45) is 10.4 Å². The number of nitrogens with zero attached hydrogens (tertiary/aromatic N) is 1. The van der Waals surface area contributed by atoms with E-state index in [0.29, 0.717) is 26.5 Å². The lowest BCUT2D eigenvalue weighted by molar-refractivity contribution is -0.141. The van der Waals surface area contributed by atoms with Gasteiger partial charge in [-0.2, -0.15) is 0 Å². The van der Waals surface area contributed by atoms with Crippen molar-refractivity contribution in [3.8, 4) is 0 Å². The lowest BCUT2D eigenvalue weighted by Gasteiger charge is -2.35. The first-order valence-electron chi connectivity index (χ1n) is 7.57. The van der Waals surface area contributed by atoms with Crippen molar-refractivity contribution in [3.05, 3.63) is 68.6 Å². The van der Waals surface area contributed by atoms with Crippen molar-refractivity contribution in [3.63, 3.8) is 0 Å². The first-order chi connectivity index (χ1) is 11.2. The summed E-state index contributed by atoms with van der Waals surface area (Å²) in [7, 11) is 0. The largest absolute Gasteiger partial charge is 0.479 e. The Morgan fingerprint density at radius 3 is 2.17 bits per heavy atom. The van der Waals surface area contributed by atoms with Gasteiger partial charge in [-0.1, -0.05) is 68.2 Å². The third kappa shape index (κ3) is 2.35.